The Balaban J connectivity index is 2.50. The van der Waals surface area contributed by atoms with Gasteiger partial charge in [-0.3, -0.25) is 0 Å². The molecule has 84 valence electrons. The van der Waals surface area contributed by atoms with Gasteiger partial charge in [0.25, 0.3) is 0 Å². The van der Waals surface area contributed by atoms with E-state index in [0.29, 0.717) is 12.8 Å². The van der Waals surface area contributed by atoms with Gasteiger partial charge in [-0.15, -0.1) is 0 Å². The molecule has 1 unspecified atom stereocenters. The molecule has 0 heterocycles. The van der Waals surface area contributed by atoms with Crippen molar-refractivity contribution in [1.29, 1.82) is 0 Å². The molecule has 3 heteroatoms. The topological polar surface area (TPSA) is 20.2 Å². The summed E-state index contributed by atoms with van der Waals surface area (Å²) in [7, 11) is 0. The average Bonchev–Trinajstić information content (AvgIpc) is 2.01. The molecule has 0 spiro atoms. The van der Waals surface area contributed by atoms with Crippen molar-refractivity contribution in [2.45, 2.75) is 58.5 Å². The average molecular weight is 206 g/mol. The molecule has 1 saturated carbocycles. The second kappa shape index (κ2) is 3.76. The third-order valence-corrected chi connectivity index (χ3v) is 3.10. The van der Waals surface area contributed by atoms with Crippen LogP contribution in [0.3, 0.4) is 0 Å². The van der Waals surface area contributed by atoms with E-state index in [2.05, 4.69) is 0 Å². The van der Waals surface area contributed by atoms with E-state index in [1.165, 1.54) is 0 Å². The van der Waals surface area contributed by atoms with Gasteiger partial charge in [0.05, 0.1) is 6.10 Å². The van der Waals surface area contributed by atoms with Gasteiger partial charge in [-0.2, -0.15) is 0 Å². The molecule has 1 rings (SSSR count). The fourth-order valence-electron chi connectivity index (χ4n) is 2.09. The molecule has 0 radical (unpaired) electrons. The van der Waals surface area contributed by atoms with E-state index >= 15 is 0 Å². The molecule has 0 aromatic rings. The zero-order valence-corrected chi connectivity index (χ0v) is 9.19. The molecule has 1 aliphatic carbocycles. The number of aliphatic hydroxyl groups excluding tert-OH is 1. The molecule has 14 heavy (non-hydrogen) atoms. The number of halogens is 2. The summed E-state index contributed by atoms with van der Waals surface area (Å²) in [4.78, 5) is 0. The normalized spacial score (nSPS) is 26.1. The van der Waals surface area contributed by atoms with E-state index in [1.807, 2.05) is 20.8 Å². The van der Waals surface area contributed by atoms with Crippen LogP contribution in [0.2, 0.25) is 0 Å². The van der Waals surface area contributed by atoms with E-state index < -0.39 is 12.0 Å². The maximum Gasteiger partial charge on any atom is 0.248 e. The lowest BCUT2D eigenvalue weighted by atomic mass is 9.74. The van der Waals surface area contributed by atoms with Crippen LogP contribution in [0.1, 0.15) is 46.5 Å². The lowest BCUT2D eigenvalue weighted by Gasteiger charge is -2.37. The first-order chi connectivity index (χ1) is 6.22. The van der Waals surface area contributed by atoms with Crippen molar-refractivity contribution in [2.24, 2.45) is 11.3 Å². The summed E-state index contributed by atoms with van der Waals surface area (Å²) < 4.78 is 25.7. The van der Waals surface area contributed by atoms with E-state index in [-0.39, 0.29) is 24.2 Å². The molecule has 0 saturated heterocycles. The van der Waals surface area contributed by atoms with Crippen molar-refractivity contribution in [3.63, 3.8) is 0 Å². The summed E-state index contributed by atoms with van der Waals surface area (Å²) in [6, 6.07) is 0. The quantitative estimate of drug-likeness (QED) is 0.698. The van der Waals surface area contributed by atoms with Gasteiger partial charge in [0.1, 0.15) is 0 Å². The van der Waals surface area contributed by atoms with Crippen molar-refractivity contribution < 1.29 is 13.9 Å². The van der Waals surface area contributed by atoms with Crippen LogP contribution in [0.5, 0.6) is 0 Å². The predicted octanol–water partition coefficient (Wildman–Crippen LogP) is 3.22. The maximum absolute atomic E-state index is 12.9. The molecule has 0 aromatic heterocycles. The third-order valence-electron chi connectivity index (χ3n) is 3.10. The highest BCUT2D eigenvalue weighted by Crippen LogP contribution is 2.40. The molecular weight excluding hydrogens is 186 g/mol. The number of hydrogen-bond acceptors (Lipinski definition) is 1. The Morgan fingerprint density at radius 2 is 1.64 bits per heavy atom. The van der Waals surface area contributed by atoms with Gasteiger partial charge in [-0.1, -0.05) is 20.8 Å². The van der Waals surface area contributed by atoms with Gasteiger partial charge < -0.3 is 5.11 Å². The van der Waals surface area contributed by atoms with Gasteiger partial charge >= 0.3 is 0 Å². The number of aliphatic hydroxyl groups is 1. The molecule has 1 fully saturated rings. The highest BCUT2D eigenvalue weighted by molar-refractivity contribution is 4.86. The molecule has 0 aromatic carbocycles. The molecule has 0 bridgehead atoms. The zero-order valence-electron chi connectivity index (χ0n) is 9.19. The fraction of sp³-hybridized carbons (Fsp3) is 1.00. The largest absolute Gasteiger partial charge is 0.392 e. The van der Waals surface area contributed by atoms with Crippen LogP contribution in [0, 0.1) is 11.3 Å². The summed E-state index contributed by atoms with van der Waals surface area (Å²) in [5, 5.41) is 9.94. The maximum atomic E-state index is 12.9. The SMILES string of the molecule is CC(C)(C)C(O)C1CCC(F)(F)CC1. The van der Waals surface area contributed by atoms with Crippen LogP contribution in [-0.2, 0) is 0 Å². The predicted molar refractivity (Wildman–Crippen MR) is 52.4 cm³/mol. The van der Waals surface area contributed by atoms with Gasteiger partial charge in [-0.25, -0.2) is 8.78 Å². The van der Waals surface area contributed by atoms with Crippen molar-refractivity contribution >= 4 is 0 Å². The van der Waals surface area contributed by atoms with Crippen LogP contribution < -0.4 is 0 Å². The standard InChI is InChI=1S/C11H20F2O/c1-10(2,3)9(14)8-4-6-11(12,13)7-5-8/h8-9,14H,4-7H2,1-3H3. The fourth-order valence-corrected chi connectivity index (χ4v) is 2.09. The Morgan fingerprint density at radius 1 is 1.21 bits per heavy atom. The van der Waals surface area contributed by atoms with E-state index in [4.69, 9.17) is 0 Å². The summed E-state index contributed by atoms with van der Waals surface area (Å²) >= 11 is 0. The van der Waals surface area contributed by atoms with Crippen LogP contribution in [0.4, 0.5) is 8.78 Å². The third kappa shape index (κ3) is 2.91. The summed E-state index contributed by atoms with van der Waals surface area (Å²) in [5.74, 6) is -2.44. The number of rotatable bonds is 1. The zero-order chi connectivity index (χ0) is 11.0. The molecule has 1 nitrogen and oxygen atoms in total. The summed E-state index contributed by atoms with van der Waals surface area (Å²) in [6.07, 6.45) is 0.311. The Kier molecular flexibility index (Phi) is 3.20. The Bertz CT molecular complexity index is 186. The monoisotopic (exact) mass is 206 g/mol. The number of hydrogen-bond donors (Lipinski definition) is 1. The highest BCUT2D eigenvalue weighted by atomic mass is 19.3. The van der Waals surface area contributed by atoms with Crippen molar-refractivity contribution in [3.8, 4) is 0 Å². The van der Waals surface area contributed by atoms with Crippen molar-refractivity contribution in [1.82, 2.24) is 0 Å². The smallest absolute Gasteiger partial charge is 0.248 e. The second-order valence-corrected chi connectivity index (χ2v) is 5.50. The van der Waals surface area contributed by atoms with Crippen molar-refractivity contribution in [2.75, 3.05) is 0 Å². The molecule has 0 amide bonds. The van der Waals surface area contributed by atoms with Crippen LogP contribution in [0.25, 0.3) is 0 Å². The van der Waals surface area contributed by atoms with Crippen LogP contribution in [-0.4, -0.2) is 17.1 Å². The first-order valence-electron chi connectivity index (χ1n) is 5.28. The van der Waals surface area contributed by atoms with Crippen molar-refractivity contribution in [3.05, 3.63) is 0 Å². The van der Waals surface area contributed by atoms with Gasteiger partial charge in [0.2, 0.25) is 5.92 Å². The minimum Gasteiger partial charge on any atom is -0.392 e. The molecule has 1 aliphatic rings. The minimum atomic E-state index is -2.49. The van der Waals surface area contributed by atoms with Gasteiger partial charge in [0, 0.05) is 12.8 Å². The van der Waals surface area contributed by atoms with E-state index in [1.54, 1.807) is 0 Å². The first-order valence-corrected chi connectivity index (χ1v) is 5.28. The molecule has 0 aliphatic heterocycles. The molecule has 1 N–H and O–H groups in total. The summed E-state index contributed by atoms with van der Waals surface area (Å²) in [6.45, 7) is 5.85. The first kappa shape index (κ1) is 11.9. The Hall–Kier alpha value is -0.180. The van der Waals surface area contributed by atoms with E-state index in [0.717, 1.165) is 0 Å². The second-order valence-electron chi connectivity index (χ2n) is 5.50. The Morgan fingerprint density at radius 3 is 2.00 bits per heavy atom. The van der Waals surface area contributed by atoms with Gasteiger partial charge in [0.15, 0.2) is 0 Å². The minimum absolute atomic E-state index is 0.0506. The van der Waals surface area contributed by atoms with Gasteiger partial charge in [-0.05, 0) is 24.2 Å². The highest BCUT2D eigenvalue weighted by Gasteiger charge is 2.39. The van der Waals surface area contributed by atoms with Crippen LogP contribution >= 0.6 is 0 Å². The number of alkyl halides is 2. The lowest BCUT2D eigenvalue weighted by molar-refractivity contribution is -0.0791. The lowest BCUT2D eigenvalue weighted by Crippen LogP contribution is -2.38. The molecular formula is C11H20F2O. The van der Waals surface area contributed by atoms with Crippen LogP contribution in [0.15, 0.2) is 0 Å². The molecule has 1 atom stereocenters. The Labute approximate surface area is 84.5 Å². The summed E-state index contributed by atoms with van der Waals surface area (Å²) in [5.41, 5.74) is -0.197. The van der Waals surface area contributed by atoms with E-state index in [9.17, 15) is 13.9 Å².